The molecule has 24 heavy (non-hydrogen) atoms. The summed E-state index contributed by atoms with van der Waals surface area (Å²) in [5.41, 5.74) is 2.36. The summed E-state index contributed by atoms with van der Waals surface area (Å²) in [7, 11) is 0. The zero-order valence-corrected chi connectivity index (χ0v) is 13.7. The molecule has 4 heteroatoms. The van der Waals surface area contributed by atoms with E-state index >= 15 is 0 Å². The molecule has 2 aromatic carbocycles. The van der Waals surface area contributed by atoms with E-state index in [1.54, 1.807) is 6.20 Å². The molecule has 0 fully saturated rings. The quantitative estimate of drug-likeness (QED) is 0.690. The molecule has 0 radical (unpaired) electrons. The van der Waals surface area contributed by atoms with Gasteiger partial charge in [-0.25, -0.2) is 0 Å². The number of fused-ring (bicyclic) bond motifs is 1. The Kier molecular flexibility index (Phi) is 4.75. The van der Waals surface area contributed by atoms with Gasteiger partial charge in [0.25, 0.3) is 0 Å². The van der Waals surface area contributed by atoms with Crippen LogP contribution in [0, 0.1) is 0 Å². The van der Waals surface area contributed by atoms with Crippen LogP contribution in [0.2, 0.25) is 0 Å². The maximum Gasteiger partial charge on any atom is 0.244 e. The Bertz CT molecular complexity index is 866. The third-order valence-electron chi connectivity index (χ3n) is 3.94. The fourth-order valence-electron chi connectivity index (χ4n) is 2.84. The van der Waals surface area contributed by atoms with E-state index in [-0.39, 0.29) is 18.2 Å². The van der Waals surface area contributed by atoms with E-state index in [2.05, 4.69) is 5.32 Å². The Morgan fingerprint density at radius 3 is 2.46 bits per heavy atom. The van der Waals surface area contributed by atoms with Crippen LogP contribution in [0.3, 0.4) is 0 Å². The highest BCUT2D eigenvalue weighted by Crippen LogP contribution is 2.23. The predicted molar refractivity (Wildman–Crippen MR) is 96.2 cm³/mol. The largest absolute Gasteiger partial charge is 0.337 e. The van der Waals surface area contributed by atoms with Crippen LogP contribution >= 0.6 is 0 Å². The van der Waals surface area contributed by atoms with Gasteiger partial charge in [-0.3, -0.25) is 9.59 Å². The first-order valence-electron chi connectivity index (χ1n) is 8.15. The number of ketones is 1. The summed E-state index contributed by atoms with van der Waals surface area (Å²) in [6, 6.07) is 17.1. The summed E-state index contributed by atoms with van der Waals surface area (Å²) in [6.07, 6.45) is 3.13. The van der Waals surface area contributed by atoms with Crippen molar-refractivity contribution in [2.45, 2.75) is 26.3 Å². The lowest BCUT2D eigenvalue weighted by molar-refractivity contribution is -0.116. The molecule has 1 N–H and O–H groups in total. The molecule has 0 aliphatic rings. The van der Waals surface area contributed by atoms with Crippen molar-refractivity contribution in [1.82, 2.24) is 4.57 Å². The molecule has 3 aromatic rings. The number of nitrogens with one attached hydrogen (secondary N) is 1. The van der Waals surface area contributed by atoms with Crippen LogP contribution in [0.15, 0.2) is 60.8 Å². The Hall–Kier alpha value is -2.88. The van der Waals surface area contributed by atoms with Gasteiger partial charge in [0.2, 0.25) is 5.91 Å². The van der Waals surface area contributed by atoms with Crippen LogP contribution in [-0.4, -0.2) is 16.3 Å². The number of benzene rings is 2. The van der Waals surface area contributed by atoms with Crippen LogP contribution in [0.5, 0.6) is 0 Å². The van der Waals surface area contributed by atoms with Crippen LogP contribution in [0.1, 0.15) is 30.1 Å². The molecule has 0 spiro atoms. The Labute approximate surface area is 141 Å². The van der Waals surface area contributed by atoms with E-state index in [4.69, 9.17) is 0 Å². The van der Waals surface area contributed by atoms with Gasteiger partial charge in [0.1, 0.15) is 6.54 Å². The van der Waals surface area contributed by atoms with Crippen molar-refractivity contribution in [3.05, 3.63) is 66.4 Å². The van der Waals surface area contributed by atoms with Gasteiger partial charge in [0.05, 0.1) is 0 Å². The second kappa shape index (κ2) is 7.13. The van der Waals surface area contributed by atoms with Gasteiger partial charge < -0.3 is 9.88 Å². The van der Waals surface area contributed by atoms with E-state index in [1.807, 2.05) is 66.1 Å². The van der Waals surface area contributed by atoms with Crippen molar-refractivity contribution >= 4 is 28.3 Å². The highest BCUT2D eigenvalue weighted by atomic mass is 16.2. The molecule has 4 nitrogen and oxygen atoms in total. The number of carbonyl (C=O) groups is 2. The highest BCUT2D eigenvalue weighted by Gasteiger charge is 2.15. The standard InChI is InChI=1S/C20H20N2O2/c1-2-8-19(23)17-13-22(18-12-7-6-11-16(17)18)14-20(24)21-15-9-4-3-5-10-15/h3-7,9-13H,2,8,14H2,1H3,(H,21,24). The van der Waals surface area contributed by atoms with Crippen molar-refractivity contribution in [2.75, 3.05) is 5.32 Å². The van der Waals surface area contributed by atoms with Crippen molar-refractivity contribution in [3.63, 3.8) is 0 Å². The normalized spacial score (nSPS) is 10.7. The molecule has 1 aromatic heterocycles. The molecule has 1 amide bonds. The Balaban J connectivity index is 1.86. The van der Waals surface area contributed by atoms with Crippen LogP contribution in [-0.2, 0) is 11.3 Å². The molecule has 0 unspecified atom stereocenters. The highest BCUT2D eigenvalue weighted by molar-refractivity contribution is 6.08. The lowest BCUT2D eigenvalue weighted by Crippen LogP contribution is -2.18. The van der Waals surface area contributed by atoms with E-state index < -0.39 is 0 Å². The van der Waals surface area contributed by atoms with Crippen molar-refractivity contribution in [2.24, 2.45) is 0 Å². The van der Waals surface area contributed by atoms with Crippen LogP contribution in [0.25, 0.3) is 10.9 Å². The number of aromatic nitrogens is 1. The molecule has 0 aliphatic heterocycles. The molecule has 1 heterocycles. The van der Waals surface area contributed by atoms with Crippen molar-refractivity contribution < 1.29 is 9.59 Å². The number of rotatable bonds is 6. The van der Waals surface area contributed by atoms with Crippen LogP contribution in [0.4, 0.5) is 5.69 Å². The number of carbonyl (C=O) groups excluding carboxylic acids is 2. The molecule has 0 aliphatic carbocycles. The number of hydrogen-bond donors (Lipinski definition) is 1. The number of Topliss-reactive ketones (excluding diaryl/α,β-unsaturated/α-hetero) is 1. The van der Waals surface area contributed by atoms with Gasteiger partial charge in [-0.15, -0.1) is 0 Å². The van der Waals surface area contributed by atoms with Gasteiger partial charge in [0, 0.05) is 34.8 Å². The first kappa shape index (κ1) is 16.0. The molecule has 0 bridgehead atoms. The van der Waals surface area contributed by atoms with Crippen LogP contribution < -0.4 is 5.32 Å². The van der Waals surface area contributed by atoms with E-state index in [0.29, 0.717) is 12.0 Å². The maximum atomic E-state index is 12.3. The zero-order valence-electron chi connectivity index (χ0n) is 13.7. The second-order valence-electron chi connectivity index (χ2n) is 5.78. The molecule has 0 saturated heterocycles. The maximum absolute atomic E-state index is 12.3. The number of hydrogen-bond acceptors (Lipinski definition) is 2. The zero-order chi connectivity index (χ0) is 16.9. The molecule has 3 rings (SSSR count). The monoisotopic (exact) mass is 320 g/mol. The third-order valence-corrected chi connectivity index (χ3v) is 3.94. The summed E-state index contributed by atoms with van der Waals surface area (Å²) in [5.74, 6) is 0.00682. The summed E-state index contributed by atoms with van der Waals surface area (Å²) in [6.45, 7) is 2.17. The first-order valence-corrected chi connectivity index (χ1v) is 8.15. The van der Waals surface area contributed by atoms with Gasteiger partial charge in [-0.1, -0.05) is 43.3 Å². The predicted octanol–water partition coefficient (Wildman–Crippen LogP) is 4.26. The second-order valence-corrected chi connectivity index (χ2v) is 5.78. The number of anilines is 1. The third kappa shape index (κ3) is 3.38. The first-order chi connectivity index (χ1) is 11.7. The Morgan fingerprint density at radius 1 is 1.00 bits per heavy atom. The summed E-state index contributed by atoms with van der Waals surface area (Å²) in [4.78, 5) is 24.6. The van der Waals surface area contributed by atoms with Crippen molar-refractivity contribution in [1.29, 1.82) is 0 Å². The minimum atomic E-state index is -0.114. The minimum Gasteiger partial charge on any atom is -0.337 e. The topological polar surface area (TPSA) is 51.1 Å². The lowest BCUT2D eigenvalue weighted by Gasteiger charge is -2.07. The lowest BCUT2D eigenvalue weighted by atomic mass is 10.1. The SMILES string of the molecule is CCCC(=O)c1cn(CC(=O)Nc2ccccc2)c2ccccc12. The number of amides is 1. The molecular weight excluding hydrogens is 300 g/mol. The van der Waals surface area contributed by atoms with E-state index in [1.165, 1.54) is 0 Å². The molecule has 122 valence electrons. The fraction of sp³-hybridized carbons (Fsp3) is 0.200. The van der Waals surface area contributed by atoms with Gasteiger partial charge >= 0.3 is 0 Å². The van der Waals surface area contributed by atoms with E-state index in [0.717, 1.165) is 23.0 Å². The summed E-state index contributed by atoms with van der Waals surface area (Å²) < 4.78 is 1.84. The fourth-order valence-corrected chi connectivity index (χ4v) is 2.84. The van der Waals surface area contributed by atoms with Gasteiger partial charge in [-0.2, -0.15) is 0 Å². The summed E-state index contributed by atoms with van der Waals surface area (Å²) >= 11 is 0. The molecule has 0 saturated carbocycles. The van der Waals surface area contributed by atoms with Crippen molar-refractivity contribution in [3.8, 4) is 0 Å². The summed E-state index contributed by atoms with van der Waals surface area (Å²) in [5, 5.41) is 3.78. The molecule has 0 atom stereocenters. The van der Waals surface area contributed by atoms with Gasteiger partial charge in [0.15, 0.2) is 5.78 Å². The smallest absolute Gasteiger partial charge is 0.244 e. The molecular formula is C20H20N2O2. The van der Waals surface area contributed by atoms with Gasteiger partial charge in [-0.05, 0) is 24.6 Å². The Morgan fingerprint density at radius 2 is 1.71 bits per heavy atom. The average Bonchev–Trinajstić information content (AvgIpc) is 2.95. The minimum absolute atomic E-state index is 0.114. The van der Waals surface area contributed by atoms with E-state index in [9.17, 15) is 9.59 Å². The number of para-hydroxylation sites is 2. The number of nitrogens with zero attached hydrogens (tertiary/aromatic N) is 1. The average molecular weight is 320 g/mol.